The van der Waals surface area contributed by atoms with Gasteiger partial charge in [-0.25, -0.2) is 9.98 Å². The first kappa shape index (κ1) is 23.6. The number of fused-ring (bicyclic) bond motifs is 1. The Bertz CT molecular complexity index is 884. The fourth-order valence-electron chi connectivity index (χ4n) is 4.54. The first-order valence-corrected chi connectivity index (χ1v) is 11.1. The van der Waals surface area contributed by atoms with Crippen molar-refractivity contribution in [1.29, 1.82) is 0 Å². The second kappa shape index (κ2) is 11.0. The molecule has 31 heavy (non-hydrogen) atoms. The van der Waals surface area contributed by atoms with Crippen LogP contribution in [0.4, 0.5) is 5.69 Å². The van der Waals surface area contributed by atoms with Gasteiger partial charge in [0.25, 0.3) is 0 Å². The van der Waals surface area contributed by atoms with Gasteiger partial charge >= 0.3 is 0 Å². The normalized spacial score (nSPS) is 21.3. The van der Waals surface area contributed by atoms with E-state index in [9.17, 15) is 4.79 Å². The number of rotatable bonds is 4. The van der Waals surface area contributed by atoms with E-state index in [1.165, 1.54) is 5.56 Å². The van der Waals surface area contributed by atoms with Crippen molar-refractivity contribution in [2.75, 3.05) is 37.6 Å². The van der Waals surface area contributed by atoms with E-state index in [0.717, 1.165) is 57.1 Å². The Morgan fingerprint density at radius 2 is 2.13 bits per heavy atom. The van der Waals surface area contributed by atoms with Crippen LogP contribution in [0.2, 0.25) is 0 Å². The third kappa shape index (κ3) is 5.39. The van der Waals surface area contributed by atoms with Crippen molar-refractivity contribution >= 4 is 41.5 Å². The van der Waals surface area contributed by atoms with Crippen LogP contribution in [0, 0.1) is 5.92 Å². The number of nitrogens with one attached hydrogen (secondary N) is 1. The van der Waals surface area contributed by atoms with Crippen LogP contribution < -0.4 is 10.2 Å². The number of hydrogen-bond donors (Lipinski definition) is 1. The van der Waals surface area contributed by atoms with E-state index >= 15 is 0 Å². The highest BCUT2D eigenvalue weighted by Crippen LogP contribution is 2.28. The molecule has 0 spiro atoms. The summed E-state index contributed by atoms with van der Waals surface area (Å²) in [6, 6.07) is 8.57. The number of hydrogen-bond acceptors (Lipinski definition) is 3. The van der Waals surface area contributed by atoms with Gasteiger partial charge in [-0.1, -0.05) is 25.1 Å². The number of anilines is 1. The number of carbonyl (C=O) groups excluding carboxylic acids is 1. The van der Waals surface area contributed by atoms with Crippen LogP contribution in [0.5, 0.6) is 0 Å². The number of aliphatic imine (C=N–C) groups is 1. The van der Waals surface area contributed by atoms with Crippen LogP contribution in [0.15, 0.2) is 48.0 Å². The Hall–Kier alpha value is -2.10. The zero-order valence-corrected chi connectivity index (χ0v) is 20.7. The number of benzene rings is 1. The molecule has 1 aromatic carbocycles. The number of guanidine groups is 1. The van der Waals surface area contributed by atoms with Crippen molar-refractivity contribution in [3.8, 4) is 0 Å². The van der Waals surface area contributed by atoms with Crippen LogP contribution in [-0.2, 0) is 11.2 Å². The summed E-state index contributed by atoms with van der Waals surface area (Å²) in [6.07, 6.45) is 8.88. The second-order valence-corrected chi connectivity index (χ2v) is 8.24. The maximum atomic E-state index is 13.0. The molecule has 0 bridgehead atoms. The maximum Gasteiger partial charge on any atom is 0.248 e. The second-order valence-electron chi connectivity index (χ2n) is 8.24. The Morgan fingerprint density at radius 3 is 2.90 bits per heavy atom. The van der Waals surface area contributed by atoms with Gasteiger partial charge < -0.3 is 19.7 Å². The molecular formula is C23H33IN6O. The summed E-state index contributed by atoms with van der Waals surface area (Å²) < 4.78 is 2.19. The van der Waals surface area contributed by atoms with Gasteiger partial charge in [0.05, 0.1) is 12.4 Å². The highest BCUT2D eigenvalue weighted by molar-refractivity contribution is 14.0. The molecule has 2 aromatic rings. The Labute approximate surface area is 201 Å². The molecule has 2 aliphatic heterocycles. The summed E-state index contributed by atoms with van der Waals surface area (Å²) in [5.41, 5.74) is 2.29. The largest absolute Gasteiger partial charge is 0.357 e. The fourth-order valence-corrected chi connectivity index (χ4v) is 4.54. The summed E-state index contributed by atoms with van der Waals surface area (Å²) in [5, 5.41) is 3.39. The lowest BCUT2D eigenvalue weighted by Crippen LogP contribution is -2.49. The number of piperidine rings is 1. The minimum Gasteiger partial charge on any atom is -0.357 e. The average Bonchev–Trinajstić information content (AvgIpc) is 3.31. The van der Waals surface area contributed by atoms with Crippen LogP contribution in [0.25, 0.3) is 0 Å². The first-order valence-electron chi connectivity index (χ1n) is 11.1. The molecule has 168 valence electrons. The van der Waals surface area contributed by atoms with Crippen molar-refractivity contribution in [2.24, 2.45) is 10.9 Å². The number of halogens is 1. The lowest BCUT2D eigenvalue weighted by molar-refractivity contribution is -0.117. The number of amides is 1. The zero-order valence-electron chi connectivity index (χ0n) is 18.4. The van der Waals surface area contributed by atoms with Gasteiger partial charge in [0.2, 0.25) is 5.91 Å². The van der Waals surface area contributed by atoms with E-state index in [2.05, 4.69) is 39.7 Å². The van der Waals surface area contributed by atoms with Crippen molar-refractivity contribution in [2.45, 2.75) is 39.2 Å². The van der Waals surface area contributed by atoms with Gasteiger partial charge in [-0.3, -0.25) is 4.79 Å². The van der Waals surface area contributed by atoms with Crippen molar-refractivity contribution in [3.05, 3.63) is 48.5 Å². The lowest BCUT2D eigenvalue weighted by atomic mass is 9.93. The molecule has 1 amide bonds. The third-order valence-corrected chi connectivity index (χ3v) is 6.24. The van der Waals surface area contributed by atoms with Crippen LogP contribution >= 0.6 is 24.0 Å². The van der Waals surface area contributed by atoms with Gasteiger partial charge in [0.15, 0.2) is 5.96 Å². The molecule has 1 saturated heterocycles. The summed E-state index contributed by atoms with van der Waals surface area (Å²) in [7, 11) is 0. The molecule has 1 N–H and O–H groups in total. The highest BCUT2D eigenvalue weighted by atomic mass is 127. The molecule has 8 heteroatoms. The number of aryl methyl sites for hydroxylation is 1. The molecule has 0 aliphatic carbocycles. The predicted molar refractivity (Wildman–Crippen MR) is 135 cm³/mol. The molecule has 2 aliphatic rings. The van der Waals surface area contributed by atoms with Gasteiger partial charge in [-0.2, -0.15) is 0 Å². The predicted octanol–water partition coefficient (Wildman–Crippen LogP) is 3.33. The Morgan fingerprint density at radius 1 is 1.29 bits per heavy atom. The van der Waals surface area contributed by atoms with E-state index in [1.54, 1.807) is 0 Å². The number of carbonyl (C=O) groups is 1. The molecule has 0 radical (unpaired) electrons. The molecular weight excluding hydrogens is 503 g/mol. The van der Waals surface area contributed by atoms with Crippen molar-refractivity contribution in [3.63, 3.8) is 0 Å². The molecule has 2 atom stereocenters. The molecule has 7 nitrogen and oxygen atoms in total. The van der Waals surface area contributed by atoms with Gasteiger partial charge in [-0.05, 0) is 43.7 Å². The molecule has 3 heterocycles. The molecule has 2 unspecified atom stereocenters. The minimum absolute atomic E-state index is 0. The molecule has 1 fully saturated rings. The lowest BCUT2D eigenvalue weighted by Gasteiger charge is -2.39. The highest BCUT2D eigenvalue weighted by Gasteiger charge is 2.29. The van der Waals surface area contributed by atoms with E-state index in [-0.39, 0.29) is 36.4 Å². The third-order valence-electron chi connectivity index (χ3n) is 6.24. The molecule has 4 rings (SSSR count). The zero-order chi connectivity index (χ0) is 20.9. The van der Waals surface area contributed by atoms with E-state index in [4.69, 9.17) is 4.99 Å². The van der Waals surface area contributed by atoms with Gasteiger partial charge in [-0.15, -0.1) is 24.0 Å². The summed E-state index contributed by atoms with van der Waals surface area (Å²) in [5.74, 6) is 1.46. The topological polar surface area (TPSA) is 65.8 Å². The number of nitrogens with zero attached hydrogens (tertiary/aromatic N) is 5. The maximum absolute atomic E-state index is 13.0. The van der Waals surface area contributed by atoms with E-state index in [0.29, 0.717) is 12.0 Å². The van der Waals surface area contributed by atoms with E-state index < -0.39 is 0 Å². The van der Waals surface area contributed by atoms with Crippen LogP contribution in [0.3, 0.4) is 0 Å². The summed E-state index contributed by atoms with van der Waals surface area (Å²) in [6.45, 7) is 7.89. The quantitative estimate of drug-likeness (QED) is 0.370. The average molecular weight is 536 g/mol. The number of aromatic nitrogens is 2. The SMILES string of the molecule is CCNC(=NCC(=O)N1CCCc2ccccc21)N1CCC(C)C(n2ccnc2)C1.I. The van der Waals surface area contributed by atoms with Crippen molar-refractivity contribution in [1.82, 2.24) is 19.8 Å². The van der Waals surface area contributed by atoms with E-state index in [1.807, 2.05) is 41.8 Å². The number of likely N-dealkylation sites (tertiary alicyclic amines) is 1. The van der Waals surface area contributed by atoms with Crippen LogP contribution in [-0.4, -0.2) is 59.0 Å². The van der Waals surface area contributed by atoms with Crippen molar-refractivity contribution < 1.29 is 4.79 Å². The number of imidazole rings is 1. The molecule has 1 aromatic heterocycles. The summed E-state index contributed by atoms with van der Waals surface area (Å²) in [4.78, 5) is 26.2. The summed E-state index contributed by atoms with van der Waals surface area (Å²) >= 11 is 0. The number of para-hydroxylation sites is 1. The Balaban J connectivity index is 0.00000272. The fraction of sp³-hybridized carbons (Fsp3) is 0.522. The standard InChI is InChI=1S/C23H32N6O.HI/c1-3-25-23(27-13-10-18(2)21(16-27)28-14-11-24-17-28)26-15-22(30)29-12-6-8-19-7-4-5-9-20(19)29;/h4-5,7,9,11,14,17-18,21H,3,6,8,10,12-13,15-16H2,1-2H3,(H,25,26);1H. The Kier molecular flexibility index (Phi) is 8.34. The van der Waals surface area contributed by atoms with Crippen LogP contribution in [0.1, 0.15) is 38.3 Å². The minimum atomic E-state index is 0. The van der Waals surface area contributed by atoms with Gasteiger partial charge in [0.1, 0.15) is 6.54 Å². The smallest absolute Gasteiger partial charge is 0.248 e. The first-order chi connectivity index (χ1) is 14.7. The van der Waals surface area contributed by atoms with Gasteiger partial charge in [0, 0.05) is 44.3 Å². The molecule has 0 saturated carbocycles. The monoisotopic (exact) mass is 536 g/mol.